The number of hydrogen-bond donors (Lipinski definition) is 3. The van der Waals surface area contributed by atoms with Crippen LogP contribution in [-0.4, -0.2) is 75.3 Å². The second kappa shape index (κ2) is 16.7. The molecule has 246 valence electrons. The van der Waals surface area contributed by atoms with Gasteiger partial charge in [-0.1, -0.05) is 0 Å². The molecule has 45 heavy (non-hydrogen) atoms. The van der Waals surface area contributed by atoms with Crippen molar-refractivity contribution >= 4 is 11.9 Å². The fourth-order valence-electron chi connectivity index (χ4n) is 5.81. The Hall–Kier alpha value is -3.50. The van der Waals surface area contributed by atoms with E-state index in [4.69, 9.17) is 9.47 Å². The topological polar surface area (TPSA) is 109 Å². The van der Waals surface area contributed by atoms with Crippen molar-refractivity contribution in [1.29, 1.82) is 0 Å². The lowest BCUT2D eigenvalue weighted by molar-refractivity contribution is 0.207. The zero-order chi connectivity index (χ0) is 32.3. The lowest BCUT2D eigenvalue weighted by atomic mass is 10.0. The quantitative estimate of drug-likeness (QED) is 0.250. The number of anilines is 2. The third kappa shape index (κ3) is 12.1. The summed E-state index contributed by atoms with van der Waals surface area (Å²) in [6.07, 6.45) is 4.73. The van der Waals surface area contributed by atoms with E-state index < -0.39 is 0 Å². The molecule has 0 saturated carbocycles. The van der Waals surface area contributed by atoms with Gasteiger partial charge in [-0.2, -0.15) is 0 Å². The molecule has 3 N–H and O–H groups in total. The highest BCUT2D eigenvalue weighted by Crippen LogP contribution is 2.27. The maximum Gasteiger partial charge on any atom is 0.223 e. The molecule has 4 heterocycles. The van der Waals surface area contributed by atoms with Crippen molar-refractivity contribution in [2.45, 2.75) is 112 Å². The molecule has 0 atom stereocenters. The Morgan fingerprint density at radius 1 is 0.667 bits per heavy atom. The summed E-state index contributed by atoms with van der Waals surface area (Å²) in [7, 11) is 0. The Labute approximate surface area is 270 Å². The summed E-state index contributed by atoms with van der Waals surface area (Å²) in [5.41, 5.74) is 5.29. The van der Waals surface area contributed by atoms with E-state index in [0.29, 0.717) is 12.1 Å². The Kier molecular flexibility index (Phi) is 12.8. The van der Waals surface area contributed by atoms with Gasteiger partial charge in [0, 0.05) is 60.6 Å². The molecule has 3 aromatic rings. The van der Waals surface area contributed by atoms with Crippen LogP contribution in [0.15, 0.2) is 30.3 Å². The van der Waals surface area contributed by atoms with Gasteiger partial charge in [-0.25, -0.2) is 19.9 Å². The van der Waals surface area contributed by atoms with E-state index in [1.807, 2.05) is 73.6 Å². The zero-order valence-corrected chi connectivity index (χ0v) is 28.6. The predicted molar refractivity (Wildman–Crippen MR) is 182 cm³/mol. The van der Waals surface area contributed by atoms with Crippen LogP contribution in [0.2, 0.25) is 0 Å². The van der Waals surface area contributed by atoms with Crippen LogP contribution in [0.1, 0.15) is 81.7 Å². The summed E-state index contributed by atoms with van der Waals surface area (Å²) in [4.78, 5) is 20.3. The predicted octanol–water partition coefficient (Wildman–Crippen LogP) is 6.00. The van der Waals surface area contributed by atoms with E-state index in [1.165, 1.54) is 5.56 Å². The number of piperidine rings is 2. The molecule has 1 aromatic carbocycles. The van der Waals surface area contributed by atoms with Crippen LogP contribution in [0.4, 0.5) is 11.9 Å². The minimum Gasteiger partial charge on any atom is -0.491 e. The van der Waals surface area contributed by atoms with Gasteiger partial charge in [0.2, 0.25) is 11.9 Å². The first kappa shape index (κ1) is 34.4. The summed E-state index contributed by atoms with van der Waals surface area (Å²) < 4.78 is 11.9. The molecule has 2 aromatic heterocycles. The fourth-order valence-corrected chi connectivity index (χ4v) is 5.81. The number of nitrogens with zero attached hydrogens (tertiary/aromatic N) is 5. The molecule has 5 rings (SSSR count). The van der Waals surface area contributed by atoms with Gasteiger partial charge >= 0.3 is 0 Å². The molecule has 0 unspecified atom stereocenters. The zero-order valence-electron chi connectivity index (χ0n) is 28.6. The number of hydrogen-bond acceptors (Lipinski definition) is 10. The van der Waals surface area contributed by atoms with Crippen molar-refractivity contribution in [3.8, 4) is 11.5 Å². The number of rotatable bonds is 10. The largest absolute Gasteiger partial charge is 0.491 e. The monoisotopic (exact) mass is 618 g/mol. The molecule has 0 radical (unpaired) electrons. The Morgan fingerprint density at radius 2 is 1.09 bits per heavy atom. The van der Waals surface area contributed by atoms with Gasteiger partial charge in [0.25, 0.3) is 0 Å². The number of nitrogens with one attached hydrogen (secondary N) is 3. The van der Waals surface area contributed by atoms with Crippen molar-refractivity contribution in [1.82, 2.24) is 30.2 Å². The molecular formula is C35H54N8O2. The highest BCUT2D eigenvalue weighted by molar-refractivity contribution is 5.39. The summed E-state index contributed by atoms with van der Waals surface area (Å²) in [5, 5.41) is 10.3. The van der Waals surface area contributed by atoms with Crippen LogP contribution in [0.3, 0.4) is 0 Å². The van der Waals surface area contributed by atoms with Crippen molar-refractivity contribution < 1.29 is 9.47 Å². The van der Waals surface area contributed by atoms with Crippen LogP contribution in [-0.2, 0) is 6.54 Å². The van der Waals surface area contributed by atoms with Crippen molar-refractivity contribution in [2.75, 3.05) is 36.8 Å². The van der Waals surface area contributed by atoms with Gasteiger partial charge in [0.05, 0.1) is 12.2 Å². The molecule has 2 aliphatic rings. The first-order chi connectivity index (χ1) is 21.5. The number of aromatic nitrogens is 4. The minimum atomic E-state index is 0.140. The van der Waals surface area contributed by atoms with E-state index >= 15 is 0 Å². The molecule has 10 nitrogen and oxygen atoms in total. The Balaban J connectivity index is 0.000000256. The summed E-state index contributed by atoms with van der Waals surface area (Å²) in [5.74, 6) is 3.28. The first-order valence-corrected chi connectivity index (χ1v) is 16.6. The molecular weight excluding hydrogens is 564 g/mol. The highest BCUT2D eigenvalue weighted by atomic mass is 16.5. The summed E-state index contributed by atoms with van der Waals surface area (Å²) in [6.45, 7) is 21.4. The molecule has 0 aliphatic carbocycles. The van der Waals surface area contributed by atoms with Crippen LogP contribution in [0, 0.1) is 27.7 Å². The van der Waals surface area contributed by atoms with E-state index in [2.05, 4.69) is 52.9 Å². The molecule has 0 amide bonds. The van der Waals surface area contributed by atoms with Gasteiger partial charge in [-0.15, -0.1) is 0 Å². The highest BCUT2D eigenvalue weighted by Gasteiger charge is 2.21. The second-order valence-electron chi connectivity index (χ2n) is 13.0. The van der Waals surface area contributed by atoms with E-state index in [1.54, 1.807) is 0 Å². The van der Waals surface area contributed by atoms with Gasteiger partial charge in [-0.3, -0.25) is 4.90 Å². The van der Waals surface area contributed by atoms with E-state index in [9.17, 15) is 0 Å². The van der Waals surface area contributed by atoms with Gasteiger partial charge < -0.3 is 25.4 Å². The number of benzene rings is 1. The maximum absolute atomic E-state index is 5.95. The van der Waals surface area contributed by atoms with Crippen molar-refractivity contribution in [3.05, 3.63) is 58.7 Å². The average molecular weight is 619 g/mol. The molecule has 2 aliphatic heterocycles. The van der Waals surface area contributed by atoms with E-state index in [-0.39, 0.29) is 12.2 Å². The maximum atomic E-state index is 5.95. The average Bonchev–Trinajstić information content (AvgIpc) is 2.93. The van der Waals surface area contributed by atoms with Gasteiger partial charge in [0.1, 0.15) is 11.5 Å². The third-order valence-electron chi connectivity index (χ3n) is 7.65. The van der Waals surface area contributed by atoms with Crippen molar-refractivity contribution in [3.63, 3.8) is 0 Å². The number of likely N-dealkylation sites (tertiary alicyclic amines) is 1. The molecule has 10 heteroatoms. The van der Waals surface area contributed by atoms with Crippen LogP contribution < -0.4 is 25.4 Å². The standard InChI is InChI=1S/C24H36N4O2.C11H18N4/c1-16(2)29-22-12-20(13-23(14-22)30-17(3)4)15-28-9-7-21(8-10-28)27-24-25-18(5)11-19(6)26-24;1-8-7-9(2)14-11(13-8)15-10-3-5-12-6-4-10/h11-14,16-17,21H,7-10,15H2,1-6H3,(H,25,26,27);7,10,12H,3-6H2,1-2H3,(H,13,14,15). The SMILES string of the molecule is Cc1cc(C)nc(NC2CCN(Cc3cc(OC(C)C)cc(OC(C)C)c3)CC2)n1.Cc1cc(C)nc(NC2CCNCC2)n1. The Bertz CT molecular complexity index is 1280. The van der Waals surface area contributed by atoms with Gasteiger partial charge in [-0.05, 0) is 124 Å². The smallest absolute Gasteiger partial charge is 0.223 e. The fraction of sp³-hybridized carbons (Fsp3) is 0.600. The van der Waals surface area contributed by atoms with Crippen LogP contribution >= 0.6 is 0 Å². The van der Waals surface area contributed by atoms with Gasteiger partial charge in [0.15, 0.2) is 0 Å². The first-order valence-electron chi connectivity index (χ1n) is 16.6. The Morgan fingerprint density at radius 3 is 1.51 bits per heavy atom. The van der Waals surface area contributed by atoms with E-state index in [0.717, 1.165) is 105 Å². The number of ether oxygens (including phenoxy) is 2. The van der Waals surface area contributed by atoms with Crippen LogP contribution in [0.25, 0.3) is 0 Å². The third-order valence-corrected chi connectivity index (χ3v) is 7.65. The number of aryl methyl sites for hydroxylation is 4. The molecule has 2 fully saturated rings. The lowest BCUT2D eigenvalue weighted by Gasteiger charge is -2.32. The molecule has 2 saturated heterocycles. The summed E-state index contributed by atoms with van der Waals surface area (Å²) >= 11 is 0. The lowest BCUT2D eigenvalue weighted by Crippen LogP contribution is -2.39. The normalized spacial score (nSPS) is 16.3. The summed E-state index contributed by atoms with van der Waals surface area (Å²) in [6, 6.07) is 11.2. The van der Waals surface area contributed by atoms with Crippen molar-refractivity contribution in [2.24, 2.45) is 0 Å². The minimum absolute atomic E-state index is 0.140. The van der Waals surface area contributed by atoms with Crippen LogP contribution in [0.5, 0.6) is 11.5 Å². The molecule has 0 bridgehead atoms. The molecule has 0 spiro atoms. The second-order valence-corrected chi connectivity index (χ2v) is 13.0.